The fourth-order valence-corrected chi connectivity index (χ4v) is 54.5. The molecule has 0 aliphatic rings. The van der Waals surface area contributed by atoms with Gasteiger partial charge in [0, 0.05) is 19.0 Å². The molecule has 0 radical (unpaired) electrons. The van der Waals surface area contributed by atoms with Gasteiger partial charge in [-0.15, -0.1) is 0 Å². The van der Waals surface area contributed by atoms with Gasteiger partial charge in [-0.2, -0.15) is 0 Å². The van der Waals surface area contributed by atoms with E-state index in [-0.39, 0.29) is 5.97 Å². The lowest BCUT2D eigenvalue weighted by Gasteiger charge is -2.53. The molecule has 0 saturated carbocycles. The van der Waals surface area contributed by atoms with E-state index in [1.807, 2.05) is 0 Å². The van der Waals surface area contributed by atoms with Crippen LogP contribution in [0.4, 0.5) is 0 Å². The minimum Gasteiger partial charge on any atom is -0.495 e. The maximum atomic E-state index is 13.4. The first-order chi connectivity index (χ1) is 30.4. The zero-order valence-corrected chi connectivity index (χ0v) is 56.1. The van der Waals surface area contributed by atoms with Gasteiger partial charge in [0.05, 0.1) is 0 Å². The van der Waals surface area contributed by atoms with Gasteiger partial charge in [-0.05, 0) is 143 Å². The molecular formula is C54H120O7Si6. The topological polar surface area (TPSA) is 72.5 Å². The van der Waals surface area contributed by atoms with Crippen LogP contribution in [0, 0.1) is 76.9 Å². The van der Waals surface area contributed by atoms with Gasteiger partial charge in [0.1, 0.15) is 0 Å². The summed E-state index contributed by atoms with van der Waals surface area (Å²) < 4.78 is 49.2. The highest BCUT2D eigenvalue weighted by Crippen LogP contribution is 2.48. The Balaban J connectivity index is 9.19. The van der Waals surface area contributed by atoms with Crippen molar-refractivity contribution in [2.24, 2.45) is 76.9 Å². The molecule has 0 fully saturated rings. The first-order valence-electron chi connectivity index (χ1n) is 28.1. The van der Waals surface area contributed by atoms with Crippen LogP contribution in [0.25, 0.3) is 0 Å². The lowest BCUT2D eigenvalue weighted by atomic mass is 10.2. The Hall–Kier alpha value is 0.571. The third-order valence-corrected chi connectivity index (χ3v) is 46.6. The molecule has 0 aliphatic carbocycles. The van der Waals surface area contributed by atoms with Crippen LogP contribution in [0.2, 0.25) is 78.6 Å². The van der Waals surface area contributed by atoms with Crippen LogP contribution in [0.1, 0.15) is 187 Å². The molecular weight excluding hydrogens is 929 g/mol. The quantitative estimate of drug-likeness (QED) is 0.0574. The van der Waals surface area contributed by atoms with Gasteiger partial charge >= 0.3 is 42.8 Å². The van der Waals surface area contributed by atoms with Crippen molar-refractivity contribution in [3.05, 3.63) is 0 Å². The first-order valence-corrected chi connectivity index (χ1v) is 41.8. The molecule has 0 aromatic rings. The monoisotopic (exact) mass is 1050 g/mol. The van der Waals surface area contributed by atoms with E-state index < -0.39 is 51.1 Å². The summed E-state index contributed by atoms with van der Waals surface area (Å²) in [7, 11) is -18.2. The molecule has 0 saturated heterocycles. The Labute approximate surface area is 427 Å². The molecule has 0 spiro atoms. The second-order valence-electron chi connectivity index (χ2n) is 27.6. The van der Waals surface area contributed by atoms with Crippen molar-refractivity contribution in [1.82, 2.24) is 0 Å². The number of rotatable bonds is 37. The molecule has 13 heteroatoms. The van der Waals surface area contributed by atoms with Gasteiger partial charge < -0.3 is 25.0 Å². The van der Waals surface area contributed by atoms with E-state index in [9.17, 15) is 4.79 Å². The Kier molecular flexibility index (Phi) is 30.3. The van der Waals surface area contributed by atoms with Gasteiger partial charge in [0.25, 0.3) is 5.97 Å². The number of carbonyl (C=O) groups is 1. The SMILES string of the molecule is CC(=O)O[Si](CC(C)C)(CC(C)C)O[Si](CC(C)C)(CC(C)C)O[Si](CC(C)C)(CC(C)C)O[Si](CC(C)C)(CC(C)C)O[Si](CC(C)C)(CC(C)C)O[Si](CC(C)C)(CC(C)C)CC(C)C. The smallest absolute Gasteiger partial charge is 0.393 e. The van der Waals surface area contributed by atoms with Crippen molar-refractivity contribution in [1.29, 1.82) is 0 Å². The Bertz CT molecular complexity index is 1270. The highest BCUT2D eigenvalue weighted by atomic mass is 28.5. The van der Waals surface area contributed by atoms with Crippen LogP contribution >= 0.6 is 0 Å². The molecule has 0 aromatic carbocycles. The normalized spacial score (nSPS) is 14.4. The molecule has 0 aromatic heterocycles. The second-order valence-corrected chi connectivity index (χ2v) is 48.7. The molecule has 0 amide bonds. The molecule has 0 rings (SSSR count). The second kappa shape index (κ2) is 30.1. The minimum atomic E-state index is -3.26. The molecule has 0 aliphatic heterocycles. The average molecular weight is 1050 g/mol. The molecule has 67 heavy (non-hydrogen) atoms. The van der Waals surface area contributed by atoms with E-state index in [4.69, 9.17) is 25.0 Å². The molecule has 0 unspecified atom stereocenters. The summed E-state index contributed by atoms with van der Waals surface area (Å²) in [5, 5.41) is 0. The summed E-state index contributed by atoms with van der Waals surface area (Å²) in [6.07, 6.45) is 0. The summed E-state index contributed by atoms with van der Waals surface area (Å²) in [5.74, 6) is 4.98. The largest absolute Gasteiger partial charge is 0.495 e. The van der Waals surface area contributed by atoms with E-state index in [0.29, 0.717) is 76.9 Å². The lowest BCUT2D eigenvalue weighted by molar-refractivity contribution is -0.133. The number of hydrogen-bond acceptors (Lipinski definition) is 7. The van der Waals surface area contributed by atoms with Gasteiger partial charge in [-0.25, -0.2) is 0 Å². The van der Waals surface area contributed by atoms with E-state index in [1.54, 1.807) is 6.92 Å². The van der Waals surface area contributed by atoms with E-state index in [0.717, 1.165) is 60.4 Å². The van der Waals surface area contributed by atoms with Crippen molar-refractivity contribution >= 4 is 57.1 Å². The van der Waals surface area contributed by atoms with Crippen molar-refractivity contribution < 1.29 is 29.8 Å². The minimum absolute atomic E-state index is 0.230. The van der Waals surface area contributed by atoms with Crippen LogP contribution in [-0.4, -0.2) is 57.1 Å². The highest BCUT2D eigenvalue weighted by molar-refractivity contribution is 6.93. The van der Waals surface area contributed by atoms with Crippen molar-refractivity contribution in [2.75, 3.05) is 0 Å². The van der Waals surface area contributed by atoms with Crippen LogP contribution in [0.5, 0.6) is 0 Å². The van der Waals surface area contributed by atoms with Gasteiger partial charge in [0.2, 0.25) is 0 Å². The summed E-state index contributed by atoms with van der Waals surface area (Å²) in [4.78, 5) is 13.4. The fraction of sp³-hybridized carbons (Fsp3) is 0.981. The van der Waals surface area contributed by atoms with Crippen molar-refractivity contribution in [3.63, 3.8) is 0 Å². The maximum Gasteiger partial charge on any atom is 0.393 e. The maximum absolute atomic E-state index is 13.4. The van der Waals surface area contributed by atoms with E-state index in [2.05, 4.69) is 180 Å². The Morgan fingerprint density at radius 2 is 0.403 bits per heavy atom. The predicted octanol–water partition coefficient (Wildman–Crippen LogP) is 18.3. The van der Waals surface area contributed by atoms with Crippen LogP contribution < -0.4 is 0 Å². The number of carbonyl (C=O) groups excluding carboxylic acids is 1. The summed E-state index contributed by atoms with van der Waals surface area (Å²) >= 11 is 0. The van der Waals surface area contributed by atoms with Crippen LogP contribution in [0.15, 0.2) is 0 Å². The third-order valence-electron chi connectivity index (χ3n) is 11.8. The Morgan fingerprint density at radius 1 is 0.254 bits per heavy atom. The van der Waals surface area contributed by atoms with Crippen molar-refractivity contribution in [2.45, 2.75) is 266 Å². The molecule has 7 nitrogen and oxygen atoms in total. The number of hydrogen-bond donors (Lipinski definition) is 0. The van der Waals surface area contributed by atoms with E-state index in [1.165, 1.54) is 18.1 Å². The first kappa shape index (κ1) is 67.6. The predicted molar refractivity (Wildman–Crippen MR) is 307 cm³/mol. The van der Waals surface area contributed by atoms with Gasteiger partial charge in [0.15, 0.2) is 8.32 Å². The Morgan fingerprint density at radius 3 is 0.567 bits per heavy atom. The summed E-state index contributed by atoms with van der Waals surface area (Å²) in [6, 6.07) is 12.2. The van der Waals surface area contributed by atoms with Gasteiger partial charge in [-0.1, -0.05) is 180 Å². The van der Waals surface area contributed by atoms with Crippen molar-refractivity contribution in [3.8, 4) is 0 Å². The van der Waals surface area contributed by atoms with E-state index >= 15 is 0 Å². The lowest BCUT2D eigenvalue weighted by Crippen LogP contribution is -2.68. The third kappa shape index (κ3) is 27.4. The fourth-order valence-electron chi connectivity index (χ4n) is 12.2. The zero-order valence-electron chi connectivity index (χ0n) is 50.1. The molecule has 0 heterocycles. The van der Waals surface area contributed by atoms with Gasteiger partial charge in [-0.3, -0.25) is 4.79 Å². The molecule has 0 bridgehead atoms. The average Bonchev–Trinajstić information content (AvgIpc) is 2.98. The molecule has 402 valence electrons. The van der Waals surface area contributed by atoms with Crippen LogP contribution in [0.3, 0.4) is 0 Å². The summed E-state index contributed by atoms with van der Waals surface area (Å²) in [6.45, 7) is 63.2. The molecule has 0 N–H and O–H groups in total. The highest BCUT2D eigenvalue weighted by Gasteiger charge is 2.61. The standard InChI is InChI=1S/C54H120O7Si6/c1-41(2)28-62(29-42(3)4,30-43(5)6)57-64(33-46(11)12,34-47(13)14)59-66(37-50(19)20,38-51(21)22)61-67(39-52(23)24,40-53(25)26)60-65(35-48(15)16,36-49(17)18)58-63(31-44(7)8,32-45(9)10)56-54(27)55/h41-53H,28-40H2,1-27H3. The van der Waals surface area contributed by atoms with Crippen LogP contribution in [-0.2, 0) is 29.8 Å². The summed E-state index contributed by atoms with van der Waals surface area (Å²) in [5.41, 5.74) is 0. The zero-order chi connectivity index (χ0) is 52.5. The molecule has 0 atom stereocenters.